The topological polar surface area (TPSA) is 79.3 Å². The molecule has 0 aliphatic carbocycles. The second-order valence-electron chi connectivity index (χ2n) is 6.65. The third-order valence-electron chi connectivity index (χ3n) is 4.44. The Bertz CT molecular complexity index is 1170. The lowest BCUT2D eigenvalue weighted by atomic mass is 10.1. The summed E-state index contributed by atoms with van der Waals surface area (Å²) in [5.74, 6) is -1.04. The second-order valence-corrected chi connectivity index (χ2v) is 7.76. The Labute approximate surface area is 171 Å². The number of aromatic nitrogens is 1. The Morgan fingerprint density at radius 2 is 1.66 bits per heavy atom. The molecule has 0 saturated carbocycles. The molecule has 29 heavy (non-hydrogen) atoms. The first-order chi connectivity index (χ1) is 14.1. The highest BCUT2D eigenvalue weighted by molar-refractivity contribution is 7.18. The minimum atomic E-state index is -0.881. The fraction of sp³-hybridized carbons (Fsp3) is 0.0870. The largest absolute Gasteiger partial charge is 0.481 e. The number of hydrogen-bond acceptors (Lipinski definition) is 4. The van der Waals surface area contributed by atoms with E-state index in [9.17, 15) is 9.59 Å². The molecule has 1 aromatic heterocycles. The Kier molecular flexibility index (Phi) is 5.35. The van der Waals surface area contributed by atoms with Gasteiger partial charge in [0.15, 0.2) is 0 Å². The van der Waals surface area contributed by atoms with E-state index < -0.39 is 5.97 Å². The molecule has 4 aromatic rings. The van der Waals surface area contributed by atoms with E-state index in [1.165, 1.54) is 11.3 Å². The van der Waals surface area contributed by atoms with Gasteiger partial charge in [0.25, 0.3) is 0 Å². The summed E-state index contributed by atoms with van der Waals surface area (Å²) in [6.07, 6.45) is 0.155. The van der Waals surface area contributed by atoms with Crippen molar-refractivity contribution >= 4 is 39.1 Å². The van der Waals surface area contributed by atoms with Crippen molar-refractivity contribution in [3.63, 3.8) is 0 Å². The summed E-state index contributed by atoms with van der Waals surface area (Å²) in [4.78, 5) is 27.7. The molecule has 0 atom stereocenters. The molecule has 0 aliphatic rings. The van der Waals surface area contributed by atoms with Crippen LogP contribution in [0.25, 0.3) is 21.3 Å². The van der Waals surface area contributed by atoms with Crippen molar-refractivity contribution in [2.75, 3.05) is 5.32 Å². The van der Waals surface area contributed by atoms with Crippen molar-refractivity contribution in [2.24, 2.45) is 0 Å². The lowest BCUT2D eigenvalue weighted by molar-refractivity contribution is -0.136. The van der Waals surface area contributed by atoms with Crippen LogP contribution in [0, 0.1) is 0 Å². The van der Waals surface area contributed by atoms with Crippen molar-refractivity contribution in [1.29, 1.82) is 0 Å². The molecule has 0 saturated heterocycles. The Hall–Kier alpha value is -3.51. The predicted octanol–water partition coefficient (Wildman–Crippen LogP) is 4.77. The molecule has 0 bridgehead atoms. The number of aliphatic carboxylic acids is 1. The highest BCUT2D eigenvalue weighted by Gasteiger charge is 2.11. The van der Waals surface area contributed by atoms with Gasteiger partial charge in [-0.25, -0.2) is 4.98 Å². The molecule has 1 amide bonds. The molecular formula is C23H18N2O3S. The van der Waals surface area contributed by atoms with Crippen LogP contribution in [-0.4, -0.2) is 22.0 Å². The number of hydrogen-bond donors (Lipinski definition) is 2. The van der Waals surface area contributed by atoms with Crippen molar-refractivity contribution in [1.82, 2.24) is 4.98 Å². The summed E-state index contributed by atoms with van der Waals surface area (Å²) in [6.45, 7) is 0. The number of carboxylic acids is 1. The number of carboxylic acid groups (broad SMARTS) is 1. The van der Waals surface area contributed by atoms with Gasteiger partial charge < -0.3 is 10.4 Å². The lowest BCUT2D eigenvalue weighted by Gasteiger charge is -2.05. The van der Waals surface area contributed by atoms with E-state index in [-0.39, 0.29) is 18.7 Å². The number of anilines is 1. The summed E-state index contributed by atoms with van der Waals surface area (Å²) in [5, 5.41) is 12.4. The maximum Gasteiger partial charge on any atom is 0.307 e. The molecule has 144 valence electrons. The number of nitrogens with one attached hydrogen (secondary N) is 1. The van der Waals surface area contributed by atoms with Gasteiger partial charge in [-0.05, 0) is 41.0 Å². The number of benzene rings is 3. The van der Waals surface area contributed by atoms with Gasteiger partial charge in [0.05, 0.1) is 23.1 Å². The SMILES string of the molecule is O=C(O)Cc1ccc(NC(=O)Cc2nc3ccc(-c4ccccc4)cc3s2)cc1. The van der Waals surface area contributed by atoms with E-state index >= 15 is 0 Å². The van der Waals surface area contributed by atoms with Crippen molar-refractivity contribution < 1.29 is 14.7 Å². The van der Waals surface area contributed by atoms with Gasteiger partial charge in [-0.15, -0.1) is 11.3 Å². The number of fused-ring (bicyclic) bond motifs is 1. The van der Waals surface area contributed by atoms with E-state index in [0.29, 0.717) is 11.3 Å². The Morgan fingerprint density at radius 1 is 0.897 bits per heavy atom. The maximum absolute atomic E-state index is 12.4. The summed E-state index contributed by atoms with van der Waals surface area (Å²) in [6, 6.07) is 23.1. The normalized spacial score (nSPS) is 10.8. The van der Waals surface area contributed by atoms with Crippen LogP contribution in [0.3, 0.4) is 0 Å². The van der Waals surface area contributed by atoms with E-state index in [0.717, 1.165) is 26.4 Å². The van der Waals surface area contributed by atoms with E-state index in [4.69, 9.17) is 5.11 Å². The van der Waals surface area contributed by atoms with Crippen LogP contribution >= 0.6 is 11.3 Å². The van der Waals surface area contributed by atoms with Gasteiger partial charge in [0.1, 0.15) is 5.01 Å². The fourth-order valence-electron chi connectivity index (χ4n) is 3.08. The van der Waals surface area contributed by atoms with Crippen LogP contribution in [-0.2, 0) is 22.4 Å². The number of thiazole rings is 1. The zero-order chi connectivity index (χ0) is 20.2. The van der Waals surface area contributed by atoms with E-state index in [2.05, 4.69) is 28.5 Å². The predicted molar refractivity (Wildman–Crippen MR) is 115 cm³/mol. The fourth-order valence-corrected chi connectivity index (χ4v) is 4.09. The molecule has 0 aliphatic heterocycles. The molecule has 2 N–H and O–H groups in total. The number of nitrogens with zero attached hydrogens (tertiary/aromatic N) is 1. The second kappa shape index (κ2) is 8.24. The van der Waals surface area contributed by atoms with Gasteiger partial charge >= 0.3 is 5.97 Å². The minimum absolute atomic E-state index is 0.0368. The number of carbonyl (C=O) groups excluding carboxylic acids is 1. The van der Waals surface area contributed by atoms with Gasteiger partial charge in [-0.3, -0.25) is 9.59 Å². The highest BCUT2D eigenvalue weighted by atomic mass is 32.1. The molecule has 0 fully saturated rings. The Balaban J connectivity index is 1.44. The maximum atomic E-state index is 12.4. The summed E-state index contributed by atoms with van der Waals surface area (Å²) >= 11 is 1.52. The van der Waals surface area contributed by atoms with Crippen LogP contribution in [0.5, 0.6) is 0 Å². The van der Waals surface area contributed by atoms with Gasteiger partial charge in [0.2, 0.25) is 5.91 Å². The highest BCUT2D eigenvalue weighted by Crippen LogP contribution is 2.28. The third kappa shape index (κ3) is 4.67. The first-order valence-electron chi connectivity index (χ1n) is 9.12. The first-order valence-corrected chi connectivity index (χ1v) is 9.94. The van der Waals surface area contributed by atoms with Crippen LogP contribution in [0.2, 0.25) is 0 Å². The molecule has 1 heterocycles. The molecular weight excluding hydrogens is 384 g/mol. The molecule has 5 nitrogen and oxygen atoms in total. The van der Waals surface area contributed by atoms with E-state index in [1.54, 1.807) is 24.3 Å². The zero-order valence-electron chi connectivity index (χ0n) is 15.5. The average Bonchev–Trinajstić information content (AvgIpc) is 3.11. The molecule has 4 rings (SSSR count). The monoisotopic (exact) mass is 402 g/mol. The molecule has 0 radical (unpaired) electrons. The van der Waals surface area contributed by atoms with Crippen molar-refractivity contribution in [2.45, 2.75) is 12.8 Å². The molecule has 6 heteroatoms. The van der Waals surface area contributed by atoms with Crippen molar-refractivity contribution in [3.05, 3.63) is 83.4 Å². The standard InChI is InChI=1S/C23H18N2O3S/c26-21(24-18-9-6-15(7-10-18)12-23(27)28)14-22-25-19-11-8-17(13-20(19)29-22)16-4-2-1-3-5-16/h1-11,13H,12,14H2,(H,24,26)(H,27,28). The van der Waals surface area contributed by atoms with Gasteiger partial charge in [-0.1, -0.05) is 48.5 Å². The number of amides is 1. The average molecular weight is 402 g/mol. The zero-order valence-corrected chi connectivity index (χ0v) is 16.3. The summed E-state index contributed by atoms with van der Waals surface area (Å²) in [7, 11) is 0. The summed E-state index contributed by atoms with van der Waals surface area (Å²) in [5.41, 5.74) is 4.48. The van der Waals surface area contributed by atoms with Gasteiger partial charge in [0, 0.05) is 5.69 Å². The van der Waals surface area contributed by atoms with Gasteiger partial charge in [-0.2, -0.15) is 0 Å². The Morgan fingerprint density at radius 3 is 2.38 bits per heavy atom. The van der Waals surface area contributed by atoms with Crippen molar-refractivity contribution in [3.8, 4) is 11.1 Å². The molecule has 3 aromatic carbocycles. The van der Waals surface area contributed by atoms with Crippen LogP contribution in [0.15, 0.2) is 72.8 Å². The smallest absolute Gasteiger partial charge is 0.307 e. The van der Waals surface area contributed by atoms with Crippen LogP contribution in [0.1, 0.15) is 10.6 Å². The number of carbonyl (C=O) groups is 2. The third-order valence-corrected chi connectivity index (χ3v) is 5.46. The van der Waals surface area contributed by atoms with Crippen LogP contribution in [0.4, 0.5) is 5.69 Å². The van der Waals surface area contributed by atoms with E-state index in [1.807, 2.05) is 30.3 Å². The minimum Gasteiger partial charge on any atom is -0.481 e. The number of rotatable bonds is 6. The molecule has 0 unspecified atom stereocenters. The van der Waals surface area contributed by atoms with Crippen LogP contribution < -0.4 is 5.32 Å². The lowest BCUT2D eigenvalue weighted by Crippen LogP contribution is -2.14. The quantitative estimate of drug-likeness (QED) is 0.487. The first kappa shape index (κ1) is 18.8. The summed E-state index contributed by atoms with van der Waals surface area (Å²) < 4.78 is 1.05. The molecule has 0 spiro atoms.